The second kappa shape index (κ2) is 5.78. The lowest BCUT2D eigenvalue weighted by atomic mass is 9.89. The maximum Gasteiger partial charge on any atom is 0.418 e. The lowest BCUT2D eigenvalue weighted by Gasteiger charge is -2.31. The normalized spacial score (nSPS) is 35.5. The van der Waals surface area contributed by atoms with Gasteiger partial charge >= 0.3 is 6.18 Å². The molecule has 5 atom stereocenters. The molecule has 2 aliphatic carbocycles. The zero-order valence-corrected chi connectivity index (χ0v) is 15.1. The molecule has 4 aliphatic rings. The maximum atomic E-state index is 13.9. The number of fused-ring (bicyclic) bond motifs is 5. The molecule has 5 rings (SSSR count). The number of halogens is 3. The standard InChI is InChI=1S/C20H26F3N3/c1-26-18-4-5-24-10-15(18)14-8-13(9-16(19(14)26)20(21,22)23)25-17-7-11-2-3-12(17)6-11/h8-9,11-12,15,17-18,24-25H,2-7,10H2,1H3/t11-,12?,15-,17?,18-/m1/s1. The highest BCUT2D eigenvalue weighted by molar-refractivity contribution is 5.72. The van der Waals surface area contributed by atoms with Crippen molar-refractivity contribution in [1.29, 1.82) is 0 Å². The number of benzene rings is 1. The van der Waals surface area contributed by atoms with E-state index in [2.05, 4.69) is 10.6 Å². The number of alkyl halides is 3. The third kappa shape index (κ3) is 2.52. The van der Waals surface area contributed by atoms with Gasteiger partial charge in [0.2, 0.25) is 0 Å². The first-order chi connectivity index (χ1) is 12.4. The fourth-order valence-corrected chi connectivity index (χ4v) is 6.06. The molecule has 26 heavy (non-hydrogen) atoms. The van der Waals surface area contributed by atoms with Gasteiger partial charge in [-0.2, -0.15) is 13.2 Å². The van der Waals surface area contributed by atoms with Crippen molar-refractivity contribution in [2.45, 2.75) is 56.3 Å². The average molecular weight is 365 g/mol. The second-order valence-corrected chi connectivity index (χ2v) is 8.66. The lowest BCUT2D eigenvalue weighted by molar-refractivity contribution is -0.137. The highest BCUT2D eigenvalue weighted by Crippen LogP contribution is 2.51. The summed E-state index contributed by atoms with van der Waals surface area (Å²) in [7, 11) is 1.83. The topological polar surface area (TPSA) is 27.3 Å². The molecular weight excluding hydrogens is 339 g/mol. The minimum Gasteiger partial charge on any atom is -0.382 e. The van der Waals surface area contributed by atoms with Crippen LogP contribution in [-0.4, -0.2) is 32.2 Å². The summed E-state index contributed by atoms with van der Waals surface area (Å²) in [5.41, 5.74) is 1.45. The van der Waals surface area contributed by atoms with Gasteiger partial charge in [-0.25, -0.2) is 0 Å². The Morgan fingerprint density at radius 1 is 1.15 bits per heavy atom. The van der Waals surface area contributed by atoms with Crippen molar-refractivity contribution >= 4 is 11.4 Å². The van der Waals surface area contributed by atoms with E-state index in [1.807, 2.05) is 18.0 Å². The van der Waals surface area contributed by atoms with E-state index >= 15 is 0 Å². The van der Waals surface area contributed by atoms with Crippen LogP contribution in [0.4, 0.5) is 24.5 Å². The summed E-state index contributed by atoms with van der Waals surface area (Å²) in [5, 5.41) is 6.85. The largest absolute Gasteiger partial charge is 0.418 e. The van der Waals surface area contributed by atoms with E-state index in [-0.39, 0.29) is 12.0 Å². The SMILES string of the molecule is CN1c2c(cc(NC3C[C@@H]4CCC3C4)cc2C(F)(F)F)[C@H]2CNCC[C@H]21. The zero-order valence-electron chi connectivity index (χ0n) is 15.1. The molecule has 0 amide bonds. The molecule has 1 saturated heterocycles. The Morgan fingerprint density at radius 3 is 2.69 bits per heavy atom. The summed E-state index contributed by atoms with van der Waals surface area (Å²) in [6.07, 6.45) is 1.43. The van der Waals surface area contributed by atoms with Crippen molar-refractivity contribution in [2.75, 3.05) is 30.4 Å². The van der Waals surface area contributed by atoms with Crippen LogP contribution in [0.25, 0.3) is 0 Å². The molecule has 142 valence electrons. The van der Waals surface area contributed by atoms with Gasteiger partial charge in [0, 0.05) is 37.3 Å². The van der Waals surface area contributed by atoms with E-state index in [4.69, 9.17) is 0 Å². The van der Waals surface area contributed by atoms with Crippen molar-refractivity contribution in [3.05, 3.63) is 23.3 Å². The molecule has 0 spiro atoms. The van der Waals surface area contributed by atoms with Crippen LogP contribution in [0, 0.1) is 11.8 Å². The van der Waals surface area contributed by atoms with Crippen LogP contribution in [0.5, 0.6) is 0 Å². The first kappa shape index (κ1) is 16.7. The van der Waals surface area contributed by atoms with Gasteiger partial charge in [0.15, 0.2) is 0 Å². The number of rotatable bonds is 2. The zero-order chi connectivity index (χ0) is 18.1. The average Bonchev–Trinajstić information content (AvgIpc) is 3.29. The fraction of sp³-hybridized carbons (Fsp3) is 0.700. The highest BCUT2D eigenvalue weighted by atomic mass is 19.4. The summed E-state index contributed by atoms with van der Waals surface area (Å²) in [6.45, 7) is 1.63. The third-order valence-corrected chi connectivity index (χ3v) is 7.23. The van der Waals surface area contributed by atoms with Crippen molar-refractivity contribution in [2.24, 2.45) is 11.8 Å². The molecule has 2 N–H and O–H groups in total. The molecule has 2 aliphatic heterocycles. The quantitative estimate of drug-likeness (QED) is 0.822. The van der Waals surface area contributed by atoms with Gasteiger partial charge in [0.05, 0.1) is 11.3 Å². The van der Waals surface area contributed by atoms with Gasteiger partial charge in [-0.15, -0.1) is 0 Å². The third-order valence-electron chi connectivity index (χ3n) is 7.23. The lowest BCUT2D eigenvalue weighted by Crippen LogP contribution is -2.42. The van der Waals surface area contributed by atoms with Crippen LogP contribution in [0.1, 0.15) is 49.1 Å². The molecule has 2 saturated carbocycles. The Bertz CT molecular complexity index is 717. The molecule has 2 unspecified atom stereocenters. The number of likely N-dealkylation sites (N-methyl/N-ethyl adjacent to an activating group) is 1. The molecule has 0 radical (unpaired) electrons. The number of nitrogens with one attached hydrogen (secondary N) is 2. The minimum atomic E-state index is -4.33. The summed E-state index contributed by atoms with van der Waals surface area (Å²) < 4.78 is 41.6. The van der Waals surface area contributed by atoms with E-state index in [0.717, 1.165) is 37.4 Å². The molecule has 3 nitrogen and oxygen atoms in total. The number of piperidine rings is 1. The summed E-state index contributed by atoms with van der Waals surface area (Å²) in [4.78, 5) is 1.88. The van der Waals surface area contributed by atoms with Gasteiger partial charge < -0.3 is 15.5 Å². The van der Waals surface area contributed by atoms with E-state index in [0.29, 0.717) is 23.3 Å². The van der Waals surface area contributed by atoms with Crippen molar-refractivity contribution in [1.82, 2.24) is 5.32 Å². The van der Waals surface area contributed by atoms with E-state index in [9.17, 15) is 13.2 Å². The Kier molecular flexibility index (Phi) is 3.72. The van der Waals surface area contributed by atoms with Crippen molar-refractivity contribution in [3.63, 3.8) is 0 Å². The van der Waals surface area contributed by atoms with E-state index < -0.39 is 11.7 Å². The number of nitrogens with zero attached hydrogens (tertiary/aromatic N) is 1. The summed E-state index contributed by atoms with van der Waals surface area (Å²) >= 11 is 0. The van der Waals surface area contributed by atoms with E-state index in [1.54, 1.807) is 0 Å². The molecule has 2 heterocycles. The summed E-state index contributed by atoms with van der Waals surface area (Å²) in [5.74, 6) is 1.55. The molecule has 3 fully saturated rings. The van der Waals surface area contributed by atoms with Crippen LogP contribution in [0.2, 0.25) is 0 Å². The van der Waals surface area contributed by atoms with Gasteiger partial charge in [-0.1, -0.05) is 6.42 Å². The molecule has 1 aromatic rings. The predicted octanol–water partition coefficient (Wildman–Crippen LogP) is 4.20. The molecule has 6 heteroatoms. The Labute approximate surface area is 152 Å². The number of anilines is 2. The molecular formula is C20H26F3N3. The van der Waals surface area contributed by atoms with E-state index in [1.165, 1.54) is 25.3 Å². The highest BCUT2D eigenvalue weighted by Gasteiger charge is 2.45. The second-order valence-electron chi connectivity index (χ2n) is 8.66. The van der Waals surface area contributed by atoms with Crippen LogP contribution in [0.3, 0.4) is 0 Å². The van der Waals surface area contributed by atoms with Crippen molar-refractivity contribution in [3.8, 4) is 0 Å². The fourth-order valence-electron chi connectivity index (χ4n) is 6.06. The Balaban J connectivity index is 1.54. The van der Waals surface area contributed by atoms with Crippen molar-refractivity contribution < 1.29 is 13.2 Å². The van der Waals surface area contributed by atoms with Gasteiger partial charge in [0.25, 0.3) is 0 Å². The predicted molar refractivity (Wildman–Crippen MR) is 96.7 cm³/mol. The number of hydrogen-bond acceptors (Lipinski definition) is 3. The van der Waals surface area contributed by atoms with Gasteiger partial charge in [-0.05, 0) is 61.8 Å². The number of hydrogen-bond donors (Lipinski definition) is 2. The van der Waals surface area contributed by atoms with Gasteiger partial charge in [-0.3, -0.25) is 0 Å². The first-order valence-electron chi connectivity index (χ1n) is 9.87. The summed E-state index contributed by atoms with van der Waals surface area (Å²) in [6, 6.07) is 3.87. The minimum absolute atomic E-state index is 0.145. The molecule has 2 bridgehead atoms. The smallest absolute Gasteiger partial charge is 0.382 e. The Morgan fingerprint density at radius 2 is 2.00 bits per heavy atom. The van der Waals surface area contributed by atoms with Crippen LogP contribution in [-0.2, 0) is 6.18 Å². The molecule has 0 aromatic heterocycles. The van der Waals surface area contributed by atoms with Crippen LogP contribution >= 0.6 is 0 Å². The first-order valence-corrected chi connectivity index (χ1v) is 9.87. The molecule has 1 aromatic carbocycles. The van der Waals surface area contributed by atoms with Crippen LogP contribution < -0.4 is 15.5 Å². The van der Waals surface area contributed by atoms with Gasteiger partial charge in [0.1, 0.15) is 0 Å². The Hall–Kier alpha value is -1.43. The maximum absolute atomic E-state index is 13.9. The van der Waals surface area contributed by atoms with Crippen LogP contribution in [0.15, 0.2) is 12.1 Å². The monoisotopic (exact) mass is 365 g/mol.